The summed E-state index contributed by atoms with van der Waals surface area (Å²) in [6, 6.07) is 5.61. The average Bonchev–Trinajstić information content (AvgIpc) is 3.75. The number of nitrogens with zero attached hydrogens (tertiary/aromatic N) is 10. The molecule has 22 heteroatoms. The Morgan fingerprint density at radius 3 is 2.68 bits per heavy atom. The molecule has 38 heavy (non-hydrogen) atoms. The number of H-pyrrole nitrogens is 2. The lowest BCUT2D eigenvalue weighted by Gasteiger charge is -1.99. The zero-order valence-electron chi connectivity index (χ0n) is 18.0. The van der Waals surface area contributed by atoms with Crippen LogP contribution in [0.4, 0.5) is 0 Å². The first-order valence-electron chi connectivity index (χ1n) is 9.81. The predicted octanol–water partition coefficient (Wildman–Crippen LogP) is 4.29. The molecule has 192 valence electrons. The molecule has 0 radical (unpaired) electrons. The Hall–Kier alpha value is -2.34. The van der Waals surface area contributed by atoms with E-state index in [1.54, 1.807) is 12.4 Å². The molecule has 0 spiro atoms. The monoisotopic (exact) mass is 656 g/mol. The first kappa shape index (κ1) is 25.9. The molecule has 6 aromatic heterocycles. The lowest BCUT2D eigenvalue weighted by Crippen LogP contribution is -2.30. The van der Waals surface area contributed by atoms with E-state index in [4.69, 9.17) is 9.51 Å². The van der Waals surface area contributed by atoms with E-state index in [-0.39, 0.29) is 10.1 Å². The van der Waals surface area contributed by atoms with Gasteiger partial charge in [-0.15, -0.1) is 20.1 Å². The Bertz CT molecular complexity index is 1630. The van der Waals surface area contributed by atoms with Crippen molar-refractivity contribution in [3.05, 3.63) is 35.8 Å². The van der Waals surface area contributed by atoms with Crippen LogP contribution in [-0.4, -0.2) is 55.6 Å². The van der Waals surface area contributed by atoms with E-state index in [9.17, 15) is 5.21 Å². The van der Waals surface area contributed by atoms with Gasteiger partial charge >= 0.3 is 0 Å². The maximum absolute atomic E-state index is 11.9. The minimum absolute atomic E-state index is 0.217. The van der Waals surface area contributed by atoms with Gasteiger partial charge in [-0.3, -0.25) is 5.10 Å². The first-order chi connectivity index (χ1) is 18.6. The number of aromatic nitrogens is 12. The molecule has 0 bridgehead atoms. The van der Waals surface area contributed by atoms with E-state index in [0.29, 0.717) is 20.0 Å². The van der Waals surface area contributed by atoms with E-state index in [2.05, 4.69) is 63.3 Å². The van der Waals surface area contributed by atoms with Crippen LogP contribution in [0.25, 0.3) is 0 Å². The molecule has 2 N–H and O–H groups in total. The molecule has 0 saturated carbocycles. The molecule has 0 amide bonds. The number of hydrogen-bond donors (Lipinski definition) is 3. The van der Waals surface area contributed by atoms with Crippen molar-refractivity contribution in [2.24, 2.45) is 0 Å². The Morgan fingerprint density at radius 1 is 0.947 bits per heavy atom. The van der Waals surface area contributed by atoms with Crippen molar-refractivity contribution in [3.63, 3.8) is 0 Å². The lowest BCUT2D eigenvalue weighted by molar-refractivity contribution is -0.705. The highest BCUT2D eigenvalue weighted by Gasteiger charge is 2.25. The van der Waals surface area contributed by atoms with Crippen molar-refractivity contribution < 1.29 is 9.37 Å². The van der Waals surface area contributed by atoms with E-state index < -0.39 is 0 Å². The summed E-state index contributed by atoms with van der Waals surface area (Å²) in [6.07, 6.45) is 3.39. The first-order valence-corrected chi connectivity index (χ1v) is 15.9. The number of rotatable bonds is 10. The van der Waals surface area contributed by atoms with Gasteiger partial charge in [-0.2, -0.15) is 10.2 Å². The van der Waals surface area contributed by atoms with Crippen molar-refractivity contribution >= 4 is 94.3 Å². The smallest absolute Gasteiger partial charge is 0.287 e. The summed E-state index contributed by atoms with van der Waals surface area (Å²) in [5, 5.41) is 49.1. The van der Waals surface area contributed by atoms with Gasteiger partial charge in [-0.05, 0) is 76.8 Å². The van der Waals surface area contributed by atoms with Crippen molar-refractivity contribution in [2.45, 2.75) is 53.0 Å². The fourth-order valence-corrected chi connectivity index (χ4v) is 9.87. The van der Waals surface area contributed by atoms with Crippen LogP contribution >= 0.6 is 94.3 Å². The van der Waals surface area contributed by atoms with Crippen LogP contribution in [0.5, 0.6) is 0 Å². The molecule has 0 fully saturated rings. The molecule has 6 rings (SSSR count). The molecule has 0 unspecified atom stereocenters. The Balaban J connectivity index is 1.23. The molecule has 0 aliphatic carbocycles. The molecule has 6 heterocycles. The average molecular weight is 657 g/mol. The van der Waals surface area contributed by atoms with Gasteiger partial charge in [0.1, 0.15) is 23.5 Å². The van der Waals surface area contributed by atoms with Crippen LogP contribution in [0.2, 0.25) is 0 Å². The Kier molecular flexibility index (Phi) is 8.05. The number of nitrogens with one attached hydrogen (secondary N) is 2. The summed E-state index contributed by atoms with van der Waals surface area (Å²) in [5.74, 6) is 0. The van der Waals surface area contributed by atoms with Gasteiger partial charge in [0.05, 0.1) is 5.10 Å². The Labute approximate surface area is 246 Å². The number of aromatic amines is 2. The highest BCUT2D eigenvalue weighted by molar-refractivity contribution is 8.06. The van der Waals surface area contributed by atoms with E-state index in [1.807, 2.05) is 18.2 Å². The van der Waals surface area contributed by atoms with Crippen molar-refractivity contribution in [3.8, 4) is 0 Å². The molecule has 0 aliphatic heterocycles. The summed E-state index contributed by atoms with van der Waals surface area (Å²) < 4.78 is 12.0. The molecule has 0 aromatic carbocycles. The second-order valence-corrected chi connectivity index (χ2v) is 14.4. The summed E-state index contributed by atoms with van der Waals surface area (Å²) in [6.45, 7) is 0. The van der Waals surface area contributed by atoms with Crippen molar-refractivity contribution in [1.82, 2.24) is 55.6 Å². The number of thiol groups is 1. The van der Waals surface area contributed by atoms with E-state index in [1.165, 1.54) is 69.9 Å². The third-order valence-electron chi connectivity index (χ3n) is 4.01. The number of hydrogen-bond acceptors (Lipinski definition) is 19. The molecular weight excluding hydrogens is 649 g/mol. The molecule has 0 saturated heterocycles. The fraction of sp³-hybridized carbons (Fsp3) is 0. The largest absolute Gasteiger partial charge is 0.692 e. The highest BCUT2D eigenvalue weighted by Crippen LogP contribution is 2.48. The minimum Gasteiger partial charge on any atom is -0.692 e. The quantitative estimate of drug-likeness (QED) is 0.107. The van der Waals surface area contributed by atoms with Crippen LogP contribution in [-0.2, 0) is 0 Å². The second kappa shape index (κ2) is 11.8. The second-order valence-electron chi connectivity index (χ2n) is 6.42. The highest BCUT2D eigenvalue weighted by atomic mass is 32.2. The molecular formula is C16H8N12O2S8. The van der Waals surface area contributed by atoms with E-state index in [0.717, 1.165) is 39.6 Å². The van der Waals surface area contributed by atoms with Gasteiger partial charge in [-0.1, -0.05) is 45.4 Å². The van der Waals surface area contributed by atoms with Crippen LogP contribution in [0.1, 0.15) is 0 Å². The summed E-state index contributed by atoms with van der Waals surface area (Å²) in [7, 11) is 0. The SMILES string of the molecule is [O-][n+]1[nH]nc(S)c1Sc1nnoc1Sc1nnsc1Sc1nc(Sc2cc[nH]n2)c(Sc2cccnn2)s1. The predicted molar refractivity (Wildman–Crippen MR) is 142 cm³/mol. The van der Waals surface area contributed by atoms with Gasteiger partial charge in [0, 0.05) is 17.7 Å². The van der Waals surface area contributed by atoms with Crippen LogP contribution in [0, 0.1) is 5.21 Å². The third-order valence-corrected chi connectivity index (χ3v) is 12.1. The molecule has 0 atom stereocenters. The normalized spacial score (nSPS) is 11.4. The lowest BCUT2D eigenvalue weighted by atomic mass is 10.6. The van der Waals surface area contributed by atoms with Crippen LogP contribution < -0.4 is 4.85 Å². The molecule has 14 nitrogen and oxygen atoms in total. The van der Waals surface area contributed by atoms with Crippen LogP contribution in [0.15, 0.2) is 88.1 Å². The molecule has 6 aromatic rings. The molecule has 0 aliphatic rings. The topological polar surface area (TPSA) is 188 Å². The van der Waals surface area contributed by atoms with Gasteiger partial charge in [0.15, 0.2) is 14.4 Å². The van der Waals surface area contributed by atoms with Gasteiger partial charge in [0.2, 0.25) is 5.09 Å². The number of thiazole rings is 1. The standard InChI is InChI=1S/C16H8N12O2S8/c29-28-12(8(31)22-25-28)34-9-13(30-26-23-9)35-11-15(38-27-24-11)37-16-19-10(32-7-3-5-18-21-7)14(36-16)33-6-2-1-4-17-20-6/h1-5,25H,(H,18,21)(H,22,31). The maximum atomic E-state index is 11.9. The van der Waals surface area contributed by atoms with E-state index >= 15 is 0 Å². The summed E-state index contributed by atoms with van der Waals surface area (Å²) >= 11 is 13.5. The zero-order chi connectivity index (χ0) is 25.9. The Morgan fingerprint density at radius 2 is 1.89 bits per heavy atom. The summed E-state index contributed by atoms with van der Waals surface area (Å²) in [5.41, 5.74) is 0. The van der Waals surface area contributed by atoms with Gasteiger partial charge in [0.25, 0.3) is 10.1 Å². The van der Waals surface area contributed by atoms with Gasteiger partial charge < -0.3 is 9.73 Å². The fourth-order valence-electron chi connectivity index (χ4n) is 2.51. The zero-order valence-corrected chi connectivity index (χ0v) is 24.6. The van der Waals surface area contributed by atoms with Gasteiger partial charge in [-0.25, -0.2) is 4.98 Å². The van der Waals surface area contributed by atoms with Crippen molar-refractivity contribution in [2.75, 3.05) is 0 Å². The third kappa shape index (κ3) is 5.95. The minimum atomic E-state index is 0.217. The maximum Gasteiger partial charge on any atom is 0.287 e. The summed E-state index contributed by atoms with van der Waals surface area (Å²) in [4.78, 5) is 5.32. The van der Waals surface area contributed by atoms with Crippen molar-refractivity contribution in [1.29, 1.82) is 0 Å². The van der Waals surface area contributed by atoms with Crippen LogP contribution in [0.3, 0.4) is 0 Å².